The number of ether oxygens (including phenoxy) is 2. The summed E-state index contributed by atoms with van der Waals surface area (Å²) in [6, 6.07) is 7.74. The molecule has 0 amide bonds. The summed E-state index contributed by atoms with van der Waals surface area (Å²) in [4.78, 5) is 0. The minimum atomic E-state index is -0.303. The summed E-state index contributed by atoms with van der Waals surface area (Å²) in [5, 5.41) is 5.66. The highest BCUT2D eigenvalue weighted by Crippen LogP contribution is 2.25. The van der Waals surface area contributed by atoms with Crippen LogP contribution >= 0.6 is 22.7 Å². The van der Waals surface area contributed by atoms with Gasteiger partial charge in [0.1, 0.15) is 0 Å². The maximum atomic E-state index is 5.69. The van der Waals surface area contributed by atoms with Crippen molar-refractivity contribution in [1.82, 2.24) is 0 Å². The Morgan fingerprint density at radius 1 is 1.06 bits per heavy atom. The molecule has 0 bridgehead atoms. The van der Waals surface area contributed by atoms with Gasteiger partial charge in [-0.05, 0) is 35.0 Å². The predicted octanol–water partition coefficient (Wildman–Crippen LogP) is 3.57. The zero-order valence-electron chi connectivity index (χ0n) is 8.67. The molecule has 2 aromatic rings. The summed E-state index contributed by atoms with van der Waals surface area (Å²) >= 11 is 3.10. The minimum Gasteiger partial charge on any atom is -0.445 e. The Morgan fingerprint density at radius 3 is 2.00 bits per heavy atom. The summed E-state index contributed by atoms with van der Waals surface area (Å²) in [7, 11) is 5.53. The van der Waals surface area contributed by atoms with Gasteiger partial charge < -0.3 is 9.47 Å². The molecular weight excluding hydrogens is 239 g/mol. The molecular formula is C11H11BO2S2. The molecule has 0 aliphatic carbocycles. The quantitative estimate of drug-likeness (QED) is 0.576. The molecule has 0 spiro atoms. The molecule has 0 N–H and O–H groups in total. The van der Waals surface area contributed by atoms with E-state index >= 15 is 0 Å². The van der Waals surface area contributed by atoms with Gasteiger partial charge in [-0.25, -0.2) is 0 Å². The van der Waals surface area contributed by atoms with E-state index in [1.807, 2.05) is 35.0 Å². The van der Waals surface area contributed by atoms with Crippen LogP contribution in [-0.2, 0) is 0 Å². The highest BCUT2D eigenvalue weighted by Gasteiger charge is 2.12. The van der Waals surface area contributed by atoms with Crippen LogP contribution in [0.3, 0.4) is 0 Å². The smallest absolute Gasteiger partial charge is 0.242 e. The largest absolute Gasteiger partial charge is 0.445 e. The first-order valence-corrected chi connectivity index (χ1v) is 6.75. The first kappa shape index (κ1) is 11.5. The molecule has 0 aliphatic heterocycles. The fraction of sp³-hybridized carbons (Fsp3) is 0.273. The van der Waals surface area contributed by atoms with E-state index in [4.69, 9.17) is 17.3 Å². The molecule has 0 aliphatic rings. The SMILES string of the molecule is [B]CCC(Oc1cccs1)Oc1cccs1. The summed E-state index contributed by atoms with van der Waals surface area (Å²) in [6.07, 6.45) is 0.916. The average molecular weight is 250 g/mol. The standard InChI is InChI=1S/C11H11BO2S2/c12-6-5-9(13-10-3-1-7-15-10)14-11-4-2-8-16-11/h1-4,7-9H,5-6H2. The Bertz CT molecular complexity index is 350. The van der Waals surface area contributed by atoms with Crippen LogP contribution in [0.15, 0.2) is 35.0 Å². The highest BCUT2D eigenvalue weighted by atomic mass is 32.1. The van der Waals surface area contributed by atoms with Gasteiger partial charge in [0.25, 0.3) is 0 Å². The Labute approximate surface area is 104 Å². The summed E-state index contributed by atoms with van der Waals surface area (Å²) in [5.74, 6) is 0. The van der Waals surface area contributed by atoms with Crippen molar-refractivity contribution in [3.8, 4) is 10.1 Å². The minimum absolute atomic E-state index is 0.303. The van der Waals surface area contributed by atoms with Gasteiger partial charge in [0, 0.05) is 6.42 Å². The predicted molar refractivity (Wildman–Crippen MR) is 68.9 cm³/mol. The highest BCUT2D eigenvalue weighted by molar-refractivity contribution is 7.12. The lowest BCUT2D eigenvalue weighted by Crippen LogP contribution is -2.22. The number of hydrogen-bond acceptors (Lipinski definition) is 4. The number of hydrogen-bond donors (Lipinski definition) is 0. The molecule has 2 aromatic heterocycles. The number of thiophene rings is 2. The third kappa shape index (κ3) is 3.28. The van der Waals surface area contributed by atoms with Crippen LogP contribution < -0.4 is 9.47 Å². The topological polar surface area (TPSA) is 18.5 Å². The molecule has 0 saturated carbocycles. The molecule has 0 fully saturated rings. The fourth-order valence-corrected chi connectivity index (χ4v) is 2.42. The van der Waals surface area contributed by atoms with Gasteiger partial charge in [-0.3, -0.25) is 0 Å². The third-order valence-electron chi connectivity index (χ3n) is 1.89. The maximum Gasteiger partial charge on any atom is 0.242 e. The van der Waals surface area contributed by atoms with Crippen molar-refractivity contribution >= 4 is 30.5 Å². The van der Waals surface area contributed by atoms with Crippen molar-refractivity contribution in [3.63, 3.8) is 0 Å². The molecule has 2 heterocycles. The van der Waals surface area contributed by atoms with Crippen molar-refractivity contribution in [3.05, 3.63) is 35.0 Å². The van der Waals surface area contributed by atoms with Crippen molar-refractivity contribution in [1.29, 1.82) is 0 Å². The van der Waals surface area contributed by atoms with Crippen LogP contribution in [-0.4, -0.2) is 14.1 Å². The summed E-state index contributed by atoms with van der Waals surface area (Å²) < 4.78 is 11.4. The third-order valence-corrected chi connectivity index (χ3v) is 3.40. The second-order valence-electron chi connectivity index (χ2n) is 3.11. The first-order valence-electron chi connectivity index (χ1n) is 4.99. The van der Waals surface area contributed by atoms with Crippen LogP contribution in [0.4, 0.5) is 0 Å². The molecule has 0 atom stereocenters. The molecule has 82 valence electrons. The zero-order valence-corrected chi connectivity index (χ0v) is 10.3. The zero-order chi connectivity index (χ0) is 11.2. The summed E-state index contributed by atoms with van der Waals surface area (Å²) in [6.45, 7) is 0. The van der Waals surface area contributed by atoms with Crippen molar-refractivity contribution in [2.24, 2.45) is 0 Å². The second kappa shape index (κ2) is 5.96. The van der Waals surface area contributed by atoms with Crippen molar-refractivity contribution < 1.29 is 9.47 Å². The van der Waals surface area contributed by atoms with E-state index in [0.29, 0.717) is 12.7 Å². The fourth-order valence-electron chi connectivity index (χ4n) is 1.20. The Balaban J connectivity index is 1.94. The molecule has 16 heavy (non-hydrogen) atoms. The molecule has 0 unspecified atom stereocenters. The average Bonchev–Trinajstić information content (AvgIpc) is 2.91. The van der Waals surface area contributed by atoms with Gasteiger partial charge >= 0.3 is 0 Å². The summed E-state index contributed by atoms with van der Waals surface area (Å²) in [5.41, 5.74) is 0. The van der Waals surface area contributed by atoms with Gasteiger partial charge in [0.15, 0.2) is 10.1 Å². The monoisotopic (exact) mass is 250 g/mol. The van der Waals surface area contributed by atoms with E-state index in [1.165, 1.54) is 0 Å². The normalized spacial score (nSPS) is 10.6. The van der Waals surface area contributed by atoms with Crippen LogP contribution in [0.5, 0.6) is 10.1 Å². The lowest BCUT2D eigenvalue weighted by molar-refractivity contribution is 0.00941. The Hall–Kier alpha value is -0.935. The van der Waals surface area contributed by atoms with Crippen molar-refractivity contribution in [2.45, 2.75) is 19.0 Å². The van der Waals surface area contributed by atoms with Crippen molar-refractivity contribution in [2.75, 3.05) is 0 Å². The number of rotatable bonds is 6. The molecule has 0 saturated heterocycles. The molecule has 2 rings (SSSR count). The first-order chi connectivity index (χ1) is 7.88. The van der Waals surface area contributed by atoms with E-state index in [1.54, 1.807) is 22.7 Å². The Kier molecular flexibility index (Phi) is 4.30. The second-order valence-corrected chi connectivity index (χ2v) is 4.93. The van der Waals surface area contributed by atoms with Crippen LogP contribution in [0.25, 0.3) is 0 Å². The van der Waals surface area contributed by atoms with E-state index < -0.39 is 0 Å². The molecule has 2 radical (unpaired) electrons. The van der Waals surface area contributed by atoms with E-state index in [2.05, 4.69) is 0 Å². The van der Waals surface area contributed by atoms with Gasteiger partial charge in [0.05, 0.1) is 7.85 Å². The Morgan fingerprint density at radius 2 is 1.62 bits per heavy atom. The van der Waals surface area contributed by atoms with Gasteiger partial charge in [0.2, 0.25) is 6.29 Å². The van der Waals surface area contributed by atoms with Crippen LogP contribution in [0.2, 0.25) is 6.32 Å². The maximum absolute atomic E-state index is 5.69. The van der Waals surface area contributed by atoms with E-state index in [9.17, 15) is 0 Å². The van der Waals surface area contributed by atoms with Gasteiger partial charge in [-0.15, -0.1) is 22.7 Å². The van der Waals surface area contributed by atoms with Crippen LogP contribution in [0, 0.1) is 0 Å². The lowest BCUT2D eigenvalue weighted by Gasteiger charge is -2.17. The van der Waals surface area contributed by atoms with E-state index in [0.717, 1.165) is 10.1 Å². The lowest BCUT2D eigenvalue weighted by atomic mass is 10.0. The molecule has 0 aromatic carbocycles. The van der Waals surface area contributed by atoms with Crippen LogP contribution in [0.1, 0.15) is 6.42 Å². The molecule has 5 heteroatoms. The van der Waals surface area contributed by atoms with E-state index in [-0.39, 0.29) is 6.29 Å². The van der Waals surface area contributed by atoms with Gasteiger partial charge in [-0.2, -0.15) is 0 Å². The van der Waals surface area contributed by atoms with Gasteiger partial charge in [-0.1, -0.05) is 6.32 Å². The molecule has 2 nitrogen and oxygen atoms in total.